The molecule has 0 spiro atoms. The molecule has 1 aliphatic heterocycles. The number of methoxy groups -OCH3 is 1. The Labute approximate surface area is 169 Å². The lowest BCUT2D eigenvalue weighted by molar-refractivity contribution is 0.0590. The molecule has 1 N–H and O–H groups in total. The standard InChI is InChI=1S/C17H20ClN3O4S.ClH/c1-20-11-14(9-15(20)17(22)25-2)26(23,24)21-7-6-19-10-16(21)12-4-3-5-13(18)8-12;/h3-5,8-9,11,16,19H,6-7,10H2,1-2H3;1H. The number of aryl methyl sites for hydroxylation is 1. The van der Waals surface area contributed by atoms with Crippen LogP contribution in [0.5, 0.6) is 0 Å². The van der Waals surface area contributed by atoms with Crippen LogP contribution < -0.4 is 5.32 Å². The quantitative estimate of drug-likeness (QED) is 0.747. The summed E-state index contributed by atoms with van der Waals surface area (Å²) in [6.45, 7) is 1.35. The van der Waals surface area contributed by atoms with Gasteiger partial charge in [-0.05, 0) is 23.8 Å². The third-order valence-electron chi connectivity index (χ3n) is 4.41. The van der Waals surface area contributed by atoms with Crippen molar-refractivity contribution in [1.82, 2.24) is 14.2 Å². The molecule has 1 aromatic carbocycles. The number of hydrogen-bond donors (Lipinski definition) is 1. The van der Waals surface area contributed by atoms with Crippen LogP contribution in [-0.4, -0.2) is 50.0 Å². The van der Waals surface area contributed by atoms with E-state index in [1.165, 1.54) is 28.2 Å². The van der Waals surface area contributed by atoms with Crippen molar-refractivity contribution in [3.8, 4) is 0 Å². The van der Waals surface area contributed by atoms with E-state index < -0.39 is 16.0 Å². The second kappa shape index (κ2) is 8.62. The lowest BCUT2D eigenvalue weighted by Crippen LogP contribution is -2.48. The number of benzene rings is 1. The number of nitrogens with zero attached hydrogens (tertiary/aromatic N) is 2. The molecule has 148 valence electrons. The van der Waals surface area contributed by atoms with Gasteiger partial charge in [0.25, 0.3) is 0 Å². The largest absolute Gasteiger partial charge is 0.464 e. The Morgan fingerprint density at radius 2 is 2.07 bits per heavy atom. The fraction of sp³-hybridized carbons (Fsp3) is 0.353. The first-order valence-corrected chi connectivity index (χ1v) is 9.89. The Morgan fingerprint density at radius 1 is 1.33 bits per heavy atom. The molecule has 10 heteroatoms. The maximum absolute atomic E-state index is 13.2. The first-order chi connectivity index (χ1) is 12.3. The third-order valence-corrected chi connectivity index (χ3v) is 6.52. The molecular weight excluding hydrogens is 413 g/mol. The Kier molecular flexibility index (Phi) is 6.93. The first-order valence-electron chi connectivity index (χ1n) is 8.07. The number of ether oxygens (including phenoxy) is 1. The Bertz CT molecular complexity index is 930. The van der Waals surface area contributed by atoms with E-state index in [1.807, 2.05) is 6.07 Å². The molecule has 1 aliphatic rings. The maximum Gasteiger partial charge on any atom is 0.354 e. The van der Waals surface area contributed by atoms with Crippen molar-refractivity contribution >= 4 is 40.0 Å². The summed E-state index contributed by atoms with van der Waals surface area (Å²) in [6, 6.07) is 8.14. The van der Waals surface area contributed by atoms with Crippen molar-refractivity contribution in [2.45, 2.75) is 10.9 Å². The third kappa shape index (κ3) is 4.30. The summed E-state index contributed by atoms with van der Waals surface area (Å²) in [5, 5.41) is 3.78. The molecule has 0 aliphatic carbocycles. The predicted molar refractivity (Wildman–Crippen MR) is 105 cm³/mol. The lowest BCUT2D eigenvalue weighted by atomic mass is 10.1. The summed E-state index contributed by atoms with van der Waals surface area (Å²) in [4.78, 5) is 11.9. The predicted octanol–water partition coefficient (Wildman–Crippen LogP) is 2.22. The highest BCUT2D eigenvalue weighted by Crippen LogP contribution is 2.30. The molecule has 7 nitrogen and oxygen atoms in total. The van der Waals surface area contributed by atoms with E-state index in [0.717, 1.165) is 5.56 Å². The molecular formula is C17H21Cl2N3O4S. The number of piperazine rings is 1. The van der Waals surface area contributed by atoms with E-state index >= 15 is 0 Å². The molecule has 27 heavy (non-hydrogen) atoms. The van der Waals surface area contributed by atoms with E-state index in [4.69, 9.17) is 16.3 Å². The van der Waals surface area contributed by atoms with Crippen molar-refractivity contribution in [3.05, 3.63) is 52.8 Å². The summed E-state index contributed by atoms with van der Waals surface area (Å²) in [5.74, 6) is -0.583. The highest BCUT2D eigenvalue weighted by atomic mass is 35.5. The van der Waals surface area contributed by atoms with Gasteiger partial charge in [0.05, 0.1) is 13.2 Å². The second-order valence-corrected chi connectivity index (χ2v) is 8.38. The Balaban J connectivity index is 0.00000261. The average molecular weight is 434 g/mol. The van der Waals surface area contributed by atoms with Gasteiger partial charge in [-0.1, -0.05) is 23.7 Å². The number of sulfonamides is 1. The zero-order chi connectivity index (χ0) is 18.9. The van der Waals surface area contributed by atoms with Gasteiger partial charge in [0, 0.05) is 37.9 Å². The van der Waals surface area contributed by atoms with Crippen LogP contribution in [0.1, 0.15) is 22.1 Å². The van der Waals surface area contributed by atoms with Crippen LogP contribution in [0, 0.1) is 0 Å². The first kappa shape index (κ1) is 21.7. The maximum atomic E-state index is 13.2. The van der Waals surface area contributed by atoms with E-state index in [2.05, 4.69) is 5.32 Å². The van der Waals surface area contributed by atoms with Crippen LogP contribution >= 0.6 is 24.0 Å². The molecule has 1 unspecified atom stereocenters. The SMILES string of the molecule is COC(=O)c1cc(S(=O)(=O)N2CCNCC2c2cccc(Cl)c2)cn1C.Cl. The van der Waals surface area contributed by atoms with Gasteiger partial charge >= 0.3 is 5.97 Å². The number of rotatable bonds is 4. The summed E-state index contributed by atoms with van der Waals surface area (Å²) in [5.41, 5.74) is 0.998. The van der Waals surface area contributed by atoms with Crippen LogP contribution in [-0.2, 0) is 21.8 Å². The minimum absolute atomic E-state index is 0. The van der Waals surface area contributed by atoms with Gasteiger partial charge in [-0.2, -0.15) is 4.31 Å². The van der Waals surface area contributed by atoms with Crippen LogP contribution in [0.25, 0.3) is 0 Å². The number of carbonyl (C=O) groups is 1. The minimum atomic E-state index is -3.79. The summed E-state index contributed by atoms with van der Waals surface area (Å²) in [7, 11) is -0.926. The van der Waals surface area contributed by atoms with Gasteiger partial charge in [0.15, 0.2) is 0 Å². The fourth-order valence-corrected chi connectivity index (χ4v) is 4.97. The monoisotopic (exact) mass is 433 g/mol. The Morgan fingerprint density at radius 3 is 2.74 bits per heavy atom. The number of aromatic nitrogens is 1. The molecule has 2 aromatic rings. The van der Waals surface area contributed by atoms with Crippen LogP contribution in [0.15, 0.2) is 41.4 Å². The normalized spacial score (nSPS) is 18.0. The molecule has 2 heterocycles. The highest BCUT2D eigenvalue weighted by molar-refractivity contribution is 7.89. The van der Waals surface area contributed by atoms with Gasteiger partial charge in [-0.15, -0.1) is 12.4 Å². The zero-order valence-electron chi connectivity index (χ0n) is 14.9. The summed E-state index contributed by atoms with van der Waals surface area (Å²) in [6.07, 6.45) is 1.43. The van der Waals surface area contributed by atoms with Crippen molar-refractivity contribution in [1.29, 1.82) is 0 Å². The highest BCUT2D eigenvalue weighted by Gasteiger charge is 2.35. The number of carbonyl (C=O) groups excluding carboxylic acids is 1. The molecule has 0 amide bonds. The van der Waals surface area contributed by atoms with Crippen molar-refractivity contribution in [2.75, 3.05) is 26.7 Å². The lowest BCUT2D eigenvalue weighted by Gasteiger charge is -2.35. The number of halogens is 2. The molecule has 1 saturated heterocycles. The molecule has 1 aromatic heterocycles. The summed E-state index contributed by atoms with van der Waals surface area (Å²) < 4.78 is 34.1. The van der Waals surface area contributed by atoms with E-state index in [0.29, 0.717) is 24.7 Å². The fourth-order valence-electron chi connectivity index (χ4n) is 3.09. The topological polar surface area (TPSA) is 80.6 Å². The molecule has 0 radical (unpaired) electrons. The zero-order valence-corrected chi connectivity index (χ0v) is 17.3. The molecule has 0 bridgehead atoms. The van der Waals surface area contributed by atoms with E-state index in [-0.39, 0.29) is 29.0 Å². The van der Waals surface area contributed by atoms with Crippen molar-refractivity contribution < 1.29 is 17.9 Å². The molecule has 1 fully saturated rings. The molecule has 0 saturated carbocycles. The number of nitrogens with one attached hydrogen (secondary N) is 1. The van der Waals surface area contributed by atoms with Crippen molar-refractivity contribution in [2.24, 2.45) is 7.05 Å². The number of esters is 1. The van der Waals surface area contributed by atoms with Crippen molar-refractivity contribution in [3.63, 3.8) is 0 Å². The summed E-state index contributed by atoms with van der Waals surface area (Å²) >= 11 is 6.07. The van der Waals surface area contributed by atoms with Gasteiger partial charge in [-0.25, -0.2) is 13.2 Å². The minimum Gasteiger partial charge on any atom is -0.464 e. The van der Waals surface area contributed by atoms with Gasteiger partial charge in [0.2, 0.25) is 10.0 Å². The van der Waals surface area contributed by atoms with Gasteiger partial charge in [0.1, 0.15) is 10.6 Å². The van der Waals surface area contributed by atoms with E-state index in [1.54, 1.807) is 25.2 Å². The Hall–Kier alpha value is -1.58. The molecule has 3 rings (SSSR count). The van der Waals surface area contributed by atoms with Gasteiger partial charge in [-0.3, -0.25) is 0 Å². The number of hydrogen-bond acceptors (Lipinski definition) is 5. The van der Waals surface area contributed by atoms with Crippen LogP contribution in [0.4, 0.5) is 0 Å². The smallest absolute Gasteiger partial charge is 0.354 e. The second-order valence-electron chi connectivity index (χ2n) is 6.05. The van der Waals surface area contributed by atoms with Gasteiger partial charge < -0.3 is 14.6 Å². The average Bonchev–Trinajstić information content (AvgIpc) is 3.03. The van der Waals surface area contributed by atoms with Crippen LogP contribution in [0.2, 0.25) is 5.02 Å². The van der Waals surface area contributed by atoms with E-state index in [9.17, 15) is 13.2 Å². The van der Waals surface area contributed by atoms with Crippen LogP contribution in [0.3, 0.4) is 0 Å². The molecule has 1 atom stereocenters.